The van der Waals surface area contributed by atoms with Gasteiger partial charge in [0, 0.05) is 0 Å². The van der Waals surface area contributed by atoms with E-state index in [1.807, 2.05) is 37.3 Å². The molecular weight excluding hydrogens is 392 g/mol. The number of hydrogen-bond donors (Lipinski definition) is 0. The second kappa shape index (κ2) is 8.08. The van der Waals surface area contributed by atoms with Gasteiger partial charge in [-0.3, -0.25) is 9.59 Å². The monoisotopic (exact) mass is 412 g/mol. The normalized spacial score (nSPS) is 16.1. The van der Waals surface area contributed by atoms with Gasteiger partial charge in [-0.15, -0.1) is 0 Å². The third-order valence-corrected chi connectivity index (χ3v) is 5.46. The highest BCUT2D eigenvalue weighted by atomic mass is 32.1. The summed E-state index contributed by atoms with van der Waals surface area (Å²) in [5.41, 5.74) is 1.91. The lowest BCUT2D eigenvalue weighted by atomic mass is 10.2. The van der Waals surface area contributed by atoms with E-state index in [1.165, 1.54) is 11.3 Å². The molecule has 7 nitrogen and oxygen atoms in total. The van der Waals surface area contributed by atoms with Gasteiger partial charge in [-0.2, -0.15) is 4.99 Å². The molecular formula is C21H20N2O5S. The number of carbonyl (C=O) groups is 2. The summed E-state index contributed by atoms with van der Waals surface area (Å²) >= 11 is 1.35. The van der Waals surface area contributed by atoms with E-state index in [2.05, 4.69) is 4.99 Å². The summed E-state index contributed by atoms with van der Waals surface area (Å²) in [6.07, 6.45) is -0.840. The first kappa shape index (κ1) is 19.2. The molecule has 1 aromatic heterocycles. The van der Waals surface area contributed by atoms with Gasteiger partial charge in [0.05, 0.1) is 16.8 Å². The Bertz CT molecular complexity index is 1150. The van der Waals surface area contributed by atoms with Crippen LogP contribution in [0.3, 0.4) is 0 Å². The largest absolute Gasteiger partial charge is 0.485 e. The Labute approximate surface area is 171 Å². The summed E-state index contributed by atoms with van der Waals surface area (Å²) < 4.78 is 19.1. The van der Waals surface area contributed by atoms with Crippen LogP contribution in [0.1, 0.15) is 12.5 Å². The Hall–Kier alpha value is -3.13. The van der Waals surface area contributed by atoms with Gasteiger partial charge in [0.15, 0.2) is 16.3 Å². The summed E-state index contributed by atoms with van der Waals surface area (Å²) in [4.78, 5) is 29.6. The zero-order chi connectivity index (χ0) is 20.4. The fraction of sp³-hybridized carbons (Fsp3) is 0.286. The van der Waals surface area contributed by atoms with Crippen molar-refractivity contribution in [1.82, 2.24) is 4.57 Å². The molecule has 150 valence electrons. The summed E-state index contributed by atoms with van der Waals surface area (Å²) in [6, 6.07) is 13.1. The zero-order valence-electron chi connectivity index (χ0n) is 16.1. The maximum absolute atomic E-state index is 12.8. The van der Waals surface area contributed by atoms with Gasteiger partial charge < -0.3 is 18.8 Å². The van der Waals surface area contributed by atoms with Crippen LogP contribution in [-0.4, -0.2) is 35.8 Å². The topological polar surface area (TPSA) is 79.1 Å². The third-order valence-electron chi connectivity index (χ3n) is 4.42. The van der Waals surface area contributed by atoms with Crippen LogP contribution in [0.5, 0.6) is 11.5 Å². The first-order chi connectivity index (χ1) is 14.0. The van der Waals surface area contributed by atoms with Crippen molar-refractivity contribution in [3.63, 3.8) is 0 Å². The minimum atomic E-state index is -0.840. The molecule has 8 heteroatoms. The number of esters is 1. The van der Waals surface area contributed by atoms with E-state index < -0.39 is 12.0 Å². The number of hydrogen-bond acceptors (Lipinski definition) is 6. The molecule has 0 spiro atoms. The van der Waals surface area contributed by atoms with Crippen LogP contribution in [0.2, 0.25) is 0 Å². The van der Waals surface area contributed by atoms with E-state index in [-0.39, 0.29) is 19.1 Å². The summed E-state index contributed by atoms with van der Waals surface area (Å²) in [6.45, 7) is 4.10. The van der Waals surface area contributed by atoms with Gasteiger partial charge in [0.25, 0.3) is 5.91 Å². The number of carbonyl (C=O) groups excluding carboxylic acids is 2. The lowest BCUT2D eigenvalue weighted by molar-refractivity contribution is -0.143. The smallest absolute Gasteiger partial charge is 0.326 e. The molecule has 1 atom stereocenters. The lowest BCUT2D eigenvalue weighted by Gasteiger charge is -2.23. The lowest BCUT2D eigenvalue weighted by Crippen LogP contribution is -2.37. The van der Waals surface area contributed by atoms with Gasteiger partial charge in [-0.25, -0.2) is 0 Å². The quantitative estimate of drug-likeness (QED) is 0.616. The predicted molar refractivity (Wildman–Crippen MR) is 108 cm³/mol. The zero-order valence-corrected chi connectivity index (χ0v) is 16.9. The molecule has 29 heavy (non-hydrogen) atoms. The Morgan fingerprint density at radius 1 is 1.24 bits per heavy atom. The van der Waals surface area contributed by atoms with Crippen molar-refractivity contribution >= 4 is 33.4 Å². The van der Waals surface area contributed by atoms with Gasteiger partial charge >= 0.3 is 5.97 Å². The van der Waals surface area contributed by atoms with Crippen molar-refractivity contribution in [3.05, 3.63) is 52.8 Å². The second-order valence-corrected chi connectivity index (χ2v) is 7.57. The number of para-hydroxylation sites is 2. The fourth-order valence-electron chi connectivity index (χ4n) is 3.06. The summed E-state index contributed by atoms with van der Waals surface area (Å²) in [7, 11) is 0. The van der Waals surface area contributed by atoms with E-state index in [4.69, 9.17) is 14.2 Å². The van der Waals surface area contributed by atoms with Gasteiger partial charge in [0.2, 0.25) is 6.10 Å². The van der Waals surface area contributed by atoms with E-state index >= 15 is 0 Å². The highest BCUT2D eigenvalue weighted by Crippen LogP contribution is 2.31. The van der Waals surface area contributed by atoms with Crippen LogP contribution in [0.25, 0.3) is 10.2 Å². The van der Waals surface area contributed by atoms with Crippen molar-refractivity contribution in [2.75, 3.05) is 13.2 Å². The number of aromatic nitrogens is 1. The molecule has 0 saturated heterocycles. The van der Waals surface area contributed by atoms with E-state index in [0.717, 1.165) is 15.8 Å². The third kappa shape index (κ3) is 4.02. The minimum Gasteiger partial charge on any atom is -0.485 e. The number of thiazole rings is 1. The summed E-state index contributed by atoms with van der Waals surface area (Å²) in [5, 5.41) is 0. The highest BCUT2D eigenvalue weighted by Gasteiger charge is 2.27. The minimum absolute atomic E-state index is 0.0200. The molecule has 0 saturated carbocycles. The van der Waals surface area contributed by atoms with E-state index in [9.17, 15) is 9.59 Å². The summed E-state index contributed by atoms with van der Waals surface area (Å²) in [5.74, 6) is 0.276. The van der Waals surface area contributed by atoms with Crippen LogP contribution in [0, 0.1) is 6.92 Å². The van der Waals surface area contributed by atoms with Crippen LogP contribution < -0.4 is 14.3 Å². The average Bonchev–Trinajstić information content (AvgIpc) is 3.03. The molecule has 1 unspecified atom stereocenters. The number of aryl methyl sites for hydroxylation is 1. The fourth-order valence-corrected chi connectivity index (χ4v) is 4.19. The molecule has 4 rings (SSSR count). The van der Waals surface area contributed by atoms with E-state index in [0.29, 0.717) is 22.9 Å². The van der Waals surface area contributed by atoms with E-state index in [1.54, 1.807) is 23.6 Å². The van der Waals surface area contributed by atoms with Gasteiger partial charge in [-0.1, -0.05) is 29.5 Å². The molecule has 0 aliphatic carbocycles. The molecule has 0 radical (unpaired) electrons. The van der Waals surface area contributed by atoms with Crippen molar-refractivity contribution < 1.29 is 23.8 Å². The molecule has 1 aliphatic heterocycles. The van der Waals surface area contributed by atoms with Gasteiger partial charge in [0.1, 0.15) is 13.2 Å². The Balaban J connectivity index is 1.69. The van der Waals surface area contributed by atoms with Crippen LogP contribution in [-0.2, 0) is 20.9 Å². The number of amides is 1. The first-order valence-corrected chi connectivity index (χ1v) is 10.1. The molecule has 0 bridgehead atoms. The molecule has 2 aromatic carbocycles. The maximum Gasteiger partial charge on any atom is 0.326 e. The predicted octanol–water partition coefficient (Wildman–Crippen LogP) is 2.84. The standard InChI is InChI=1S/C21H20N2O5S/c1-3-26-19(24)11-23-14-9-8-13(2)10-18(14)29-21(23)22-20(25)17-12-27-15-6-4-5-7-16(15)28-17/h4-10,17H,3,11-12H2,1-2H3. The van der Waals surface area contributed by atoms with Crippen LogP contribution >= 0.6 is 11.3 Å². The van der Waals surface area contributed by atoms with Gasteiger partial charge in [-0.05, 0) is 43.7 Å². The molecule has 0 fully saturated rings. The average molecular weight is 412 g/mol. The van der Waals surface area contributed by atoms with Crippen LogP contribution in [0.15, 0.2) is 47.5 Å². The Morgan fingerprint density at radius 3 is 2.83 bits per heavy atom. The molecule has 0 N–H and O–H groups in total. The van der Waals surface area contributed by atoms with Crippen molar-refractivity contribution in [1.29, 1.82) is 0 Å². The molecule has 1 amide bonds. The first-order valence-electron chi connectivity index (χ1n) is 9.28. The van der Waals surface area contributed by atoms with Crippen LogP contribution in [0.4, 0.5) is 0 Å². The Kier molecular flexibility index (Phi) is 5.35. The highest BCUT2D eigenvalue weighted by molar-refractivity contribution is 7.16. The SMILES string of the molecule is CCOC(=O)Cn1c(=NC(=O)C2COc3ccccc3O2)sc2cc(C)ccc21. The Morgan fingerprint density at radius 2 is 2.03 bits per heavy atom. The number of nitrogens with zero attached hydrogens (tertiary/aromatic N) is 2. The maximum atomic E-state index is 12.8. The number of ether oxygens (including phenoxy) is 3. The van der Waals surface area contributed by atoms with Crippen molar-refractivity contribution in [3.8, 4) is 11.5 Å². The van der Waals surface area contributed by atoms with Crippen molar-refractivity contribution in [2.24, 2.45) is 4.99 Å². The second-order valence-electron chi connectivity index (χ2n) is 6.56. The molecule has 3 aromatic rings. The molecule has 2 heterocycles. The number of benzene rings is 2. The number of rotatable bonds is 4. The van der Waals surface area contributed by atoms with Crippen molar-refractivity contribution in [2.45, 2.75) is 26.5 Å². The molecule has 1 aliphatic rings. The number of fused-ring (bicyclic) bond motifs is 2.